The molecule has 3 heterocycles. The van der Waals surface area contributed by atoms with Crippen molar-refractivity contribution >= 4 is 32.7 Å². The Morgan fingerprint density at radius 3 is 2.75 bits per heavy atom. The number of thiazole rings is 1. The zero-order chi connectivity index (χ0) is 22.9. The number of nitrogens with one attached hydrogen (secondary N) is 2. The molecule has 1 saturated heterocycles. The summed E-state index contributed by atoms with van der Waals surface area (Å²) < 4.78 is 29.8. The van der Waals surface area contributed by atoms with Gasteiger partial charge in [0, 0.05) is 20.1 Å². The molecule has 3 aromatic rings. The van der Waals surface area contributed by atoms with Gasteiger partial charge in [-0.15, -0.1) is 0 Å². The molecular weight excluding hydrogens is 438 g/mol. The average Bonchev–Trinajstić information content (AvgIpc) is 3.42. The number of halogens is 2. The molecule has 1 aliphatic heterocycles. The van der Waals surface area contributed by atoms with Crippen molar-refractivity contribution in [3.8, 4) is 0 Å². The summed E-state index contributed by atoms with van der Waals surface area (Å²) in [5.41, 5.74) is 0.396. The van der Waals surface area contributed by atoms with E-state index in [0.717, 1.165) is 27.9 Å². The highest BCUT2D eigenvalue weighted by atomic mass is 32.1. The predicted octanol–water partition coefficient (Wildman–Crippen LogP) is 1.99. The molecule has 2 aromatic heterocycles. The summed E-state index contributed by atoms with van der Waals surface area (Å²) in [5, 5.41) is 5.81. The van der Waals surface area contributed by atoms with Crippen LogP contribution >= 0.6 is 11.3 Å². The molecule has 1 aliphatic rings. The molecule has 2 N–H and O–H groups in total. The van der Waals surface area contributed by atoms with Crippen LogP contribution in [0.3, 0.4) is 0 Å². The SMILES string of the molecule is CNCC(F)(F)c1nc2sc(N3CCCC3C(=O)NCc3ccccc3)nc2c(=O)n1C. The van der Waals surface area contributed by atoms with Gasteiger partial charge in [-0.1, -0.05) is 41.7 Å². The van der Waals surface area contributed by atoms with Crippen LogP contribution in [0.25, 0.3) is 10.3 Å². The van der Waals surface area contributed by atoms with Gasteiger partial charge in [-0.3, -0.25) is 14.2 Å². The summed E-state index contributed by atoms with van der Waals surface area (Å²) in [6.07, 6.45) is 1.43. The number of alkyl halides is 2. The zero-order valence-corrected chi connectivity index (χ0v) is 18.6. The van der Waals surface area contributed by atoms with E-state index in [1.54, 1.807) is 0 Å². The fraction of sp³-hybridized carbons (Fsp3) is 0.429. The third kappa shape index (κ3) is 4.22. The monoisotopic (exact) mass is 462 g/mol. The summed E-state index contributed by atoms with van der Waals surface area (Å²) in [7, 11) is 2.67. The first-order chi connectivity index (χ1) is 15.3. The first-order valence-corrected chi connectivity index (χ1v) is 11.1. The van der Waals surface area contributed by atoms with Gasteiger partial charge in [0.2, 0.25) is 5.91 Å². The van der Waals surface area contributed by atoms with Gasteiger partial charge in [0.25, 0.3) is 5.56 Å². The molecule has 1 aromatic carbocycles. The van der Waals surface area contributed by atoms with E-state index >= 15 is 0 Å². The summed E-state index contributed by atoms with van der Waals surface area (Å²) in [6, 6.07) is 9.16. The van der Waals surface area contributed by atoms with Gasteiger partial charge >= 0.3 is 5.92 Å². The molecule has 0 spiro atoms. The Balaban J connectivity index is 1.60. The molecule has 1 unspecified atom stereocenters. The largest absolute Gasteiger partial charge is 0.350 e. The Labute approximate surface area is 187 Å². The maximum Gasteiger partial charge on any atom is 0.317 e. The molecule has 170 valence electrons. The third-order valence-electron chi connectivity index (χ3n) is 5.47. The minimum atomic E-state index is -3.31. The van der Waals surface area contributed by atoms with Gasteiger partial charge in [0.15, 0.2) is 21.3 Å². The number of fused-ring (bicyclic) bond motifs is 1. The van der Waals surface area contributed by atoms with Crippen LogP contribution < -0.4 is 21.1 Å². The highest BCUT2D eigenvalue weighted by molar-refractivity contribution is 7.21. The second-order valence-corrected chi connectivity index (χ2v) is 8.70. The van der Waals surface area contributed by atoms with E-state index < -0.39 is 29.9 Å². The van der Waals surface area contributed by atoms with Gasteiger partial charge in [0.05, 0.1) is 6.54 Å². The highest BCUT2D eigenvalue weighted by Crippen LogP contribution is 2.33. The first kappa shape index (κ1) is 22.3. The second kappa shape index (κ2) is 8.91. The van der Waals surface area contributed by atoms with E-state index in [4.69, 9.17) is 0 Å². The molecule has 1 atom stereocenters. The van der Waals surface area contributed by atoms with Crippen molar-refractivity contribution in [2.45, 2.75) is 31.4 Å². The summed E-state index contributed by atoms with van der Waals surface area (Å²) in [6.45, 7) is 0.364. The van der Waals surface area contributed by atoms with Gasteiger partial charge in [-0.25, -0.2) is 9.97 Å². The van der Waals surface area contributed by atoms with Gasteiger partial charge < -0.3 is 15.5 Å². The number of likely N-dealkylation sites (N-methyl/N-ethyl adjacent to an activating group) is 1. The molecule has 0 saturated carbocycles. The Morgan fingerprint density at radius 2 is 2.03 bits per heavy atom. The molecule has 4 rings (SSSR count). The van der Waals surface area contributed by atoms with Crippen molar-refractivity contribution in [1.29, 1.82) is 0 Å². The second-order valence-electron chi connectivity index (χ2n) is 7.74. The van der Waals surface area contributed by atoms with E-state index in [1.807, 2.05) is 35.2 Å². The number of hydrogen-bond acceptors (Lipinski definition) is 7. The Morgan fingerprint density at radius 1 is 1.28 bits per heavy atom. The lowest BCUT2D eigenvalue weighted by Crippen LogP contribution is -2.43. The topological polar surface area (TPSA) is 92.2 Å². The third-order valence-corrected chi connectivity index (χ3v) is 6.45. The van der Waals surface area contributed by atoms with E-state index in [9.17, 15) is 18.4 Å². The first-order valence-electron chi connectivity index (χ1n) is 10.3. The van der Waals surface area contributed by atoms with Gasteiger partial charge in [-0.05, 0) is 25.5 Å². The maximum atomic E-state index is 14.5. The molecular formula is C21H24F2N6O2S. The number of nitrogens with zero attached hydrogens (tertiary/aromatic N) is 4. The van der Waals surface area contributed by atoms with Crippen LogP contribution in [-0.4, -0.2) is 46.6 Å². The Kier molecular flexibility index (Phi) is 6.20. The van der Waals surface area contributed by atoms with Crippen molar-refractivity contribution in [1.82, 2.24) is 25.2 Å². The van der Waals surface area contributed by atoms with Crippen LogP contribution in [0, 0.1) is 0 Å². The molecule has 0 aliphatic carbocycles. The fourth-order valence-corrected chi connectivity index (χ4v) is 4.87. The number of amides is 1. The minimum Gasteiger partial charge on any atom is -0.350 e. The van der Waals surface area contributed by atoms with Gasteiger partial charge in [-0.2, -0.15) is 8.78 Å². The number of anilines is 1. The molecule has 8 nitrogen and oxygen atoms in total. The molecule has 0 bridgehead atoms. The molecule has 11 heteroatoms. The van der Waals surface area contributed by atoms with Crippen molar-refractivity contribution in [3.63, 3.8) is 0 Å². The van der Waals surface area contributed by atoms with Crippen molar-refractivity contribution in [2.24, 2.45) is 7.05 Å². The zero-order valence-electron chi connectivity index (χ0n) is 17.8. The molecule has 0 radical (unpaired) electrons. The standard InChI is InChI=1S/C21H24F2N6O2S/c1-24-12-21(22,23)19-27-17-15(18(31)28(19)2)26-20(32-17)29-10-6-9-14(29)16(30)25-11-13-7-4-3-5-8-13/h3-5,7-8,14,24H,6,9-12H2,1-2H3,(H,25,30). The Hall–Kier alpha value is -2.92. The number of benzene rings is 1. The molecule has 1 amide bonds. The molecule has 1 fully saturated rings. The van der Waals surface area contributed by atoms with Crippen LogP contribution in [0.15, 0.2) is 35.1 Å². The van der Waals surface area contributed by atoms with Crippen LogP contribution in [0.1, 0.15) is 24.2 Å². The van der Waals surface area contributed by atoms with E-state index in [1.165, 1.54) is 14.1 Å². The normalized spacial score (nSPS) is 16.6. The van der Waals surface area contributed by atoms with Crippen LogP contribution in [0.5, 0.6) is 0 Å². The van der Waals surface area contributed by atoms with Crippen LogP contribution in [0.2, 0.25) is 0 Å². The van der Waals surface area contributed by atoms with Gasteiger partial charge in [0.1, 0.15) is 6.04 Å². The Bertz CT molecular complexity index is 1180. The number of aromatic nitrogens is 3. The maximum absolute atomic E-state index is 14.5. The minimum absolute atomic E-state index is 0.0341. The van der Waals surface area contributed by atoms with Crippen LogP contribution in [0.4, 0.5) is 13.9 Å². The smallest absolute Gasteiger partial charge is 0.317 e. The lowest BCUT2D eigenvalue weighted by atomic mass is 10.2. The average molecular weight is 463 g/mol. The van der Waals surface area contributed by atoms with Crippen molar-refractivity contribution < 1.29 is 13.6 Å². The van der Waals surface area contributed by atoms with E-state index in [0.29, 0.717) is 24.6 Å². The van der Waals surface area contributed by atoms with E-state index in [2.05, 4.69) is 20.6 Å². The summed E-state index contributed by atoms with van der Waals surface area (Å²) >= 11 is 1.06. The summed E-state index contributed by atoms with van der Waals surface area (Å²) in [4.78, 5) is 36.0. The number of hydrogen-bond donors (Lipinski definition) is 2. The molecule has 32 heavy (non-hydrogen) atoms. The van der Waals surface area contributed by atoms with Crippen molar-refractivity contribution in [3.05, 3.63) is 52.1 Å². The quantitative estimate of drug-likeness (QED) is 0.558. The van der Waals surface area contributed by atoms with E-state index in [-0.39, 0.29) is 16.3 Å². The number of carbonyl (C=O) groups excluding carboxylic acids is 1. The summed E-state index contributed by atoms with van der Waals surface area (Å²) in [5.74, 6) is -4.06. The fourth-order valence-electron chi connectivity index (χ4n) is 3.86. The number of rotatable bonds is 7. The highest BCUT2D eigenvalue weighted by Gasteiger charge is 2.37. The van der Waals surface area contributed by atoms with Crippen molar-refractivity contribution in [2.75, 3.05) is 25.0 Å². The lowest BCUT2D eigenvalue weighted by molar-refractivity contribution is -0.122. The lowest BCUT2D eigenvalue weighted by Gasteiger charge is -2.23. The predicted molar refractivity (Wildman–Crippen MR) is 119 cm³/mol. The van der Waals surface area contributed by atoms with Crippen LogP contribution in [-0.2, 0) is 24.3 Å². The number of carbonyl (C=O) groups is 1.